The van der Waals surface area contributed by atoms with Crippen LogP contribution in [-0.2, 0) is 6.42 Å². The summed E-state index contributed by atoms with van der Waals surface area (Å²) in [5.41, 5.74) is 3.00. The number of aromatic nitrogens is 5. The molecular formula is C19H22FN7O. The van der Waals surface area contributed by atoms with Crippen LogP contribution in [0.4, 0.5) is 10.2 Å². The molecule has 0 bridgehead atoms. The quantitative estimate of drug-likeness (QED) is 0.578. The number of H-pyrrole nitrogens is 1. The molecule has 0 spiro atoms. The van der Waals surface area contributed by atoms with Crippen molar-refractivity contribution in [3.63, 3.8) is 0 Å². The first-order valence-corrected chi connectivity index (χ1v) is 8.92. The molecule has 0 aliphatic heterocycles. The lowest BCUT2D eigenvalue weighted by Gasteiger charge is -2.16. The molecule has 9 heteroatoms. The molecule has 3 N–H and O–H groups in total. The third-order valence-corrected chi connectivity index (χ3v) is 4.47. The number of aryl methyl sites for hydroxylation is 1. The Morgan fingerprint density at radius 1 is 1.29 bits per heavy atom. The number of pyridine rings is 1. The number of nitrogens with zero attached hydrogens (tertiary/aromatic N) is 4. The summed E-state index contributed by atoms with van der Waals surface area (Å²) in [5, 5.41) is 12.7. The second kappa shape index (κ2) is 8.55. The lowest BCUT2D eigenvalue weighted by Crippen LogP contribution is -2.29. The van der Waals surface area contributed by atoms with Crippen LogP contribution in [0, 0.1) is 19.7 Å². The molecule has 0 saturated heterocycles. The molecule has 0 radical (unpaired) electrons. The zero-order chi connectivity index (χ0) is 20.1. The van der Waals surface area contributed by atoms with Crippen LogP contribution in [0.2, 0.25) is 0 Å². The van der Waals surface area contributed by atoms with Crippen molar-refractivity contribution in [2.45, 2.75) is 33.2 Å². The molecule has 0 aliphatic carbocycles. The highest BCUT2D eigenvalue weighted by molar-refractivity contribution is 5.91. The minimum atomic E-state index is -0.543. The molecule has 3 aromatic rings. The van der Waals surface area contributed by atoms with Gasteiger partial charge in [-0.2, -0.15) is 5.10 Å². The topological polar surface area (TPSA) is 108 Å². The van der Waals surface area contributed by atoms with Gasteiger partial charge in [-0.1, -0.05) is 0 Å². The number of amides is 1. The molecule has 3 rings (SSSR count). The van der Waals surface area contributed by atoms with Crippen LogP contribution < -0.4 is 10.6 Å². The van der Waals surface area contributed by atoms with Gasteiger partial charge in [0.25, 0.3) is 5.91 Å². The van der Waals surface area contributed by atoms with Crippen molar-refractivity contribution in [1.29, 1.82) is 0 Å². The Kier molecular flexibility index (Phi) is 5.93. The highest BCUT2D eigenvalue weighted by Crippen LogP contribution is 2.18. The molecule has 1 amide bonds. The molecule has 3 aromatic heterocycles. The fourth-order valence-corrected chi connectivity index (χ4v) is 2.72. The van der Waals surface area contributed by atoms with Gasteiger partial charge in [0.05, 0.1) is 18.4 Å². The van der Waals surface area contributed by atoms with Crippen LogP contribution in [-0.4, -0.2) is 37.6 Å². The first-order chi connectivity index (χ1) is 13.5. The number of anilines is 1. The van der Waals surface area contributed by atoms with Gasteiger partial charge in [-0.3, -0.25) is 14.9 Å². The maximum absolute atomic E-state index is 13.9. The van der Waals surface area contributed by atoms with E-state index in [9.17, 15) is 9.18 Å². The van der Waals surface area contributed by atoms with E-state index in [0.717, 1.165) is 23.7 Å². The largest absolute Gasteiger partial charge is 0.369 e. The van der Waals surface area contributed by atoms with E-state index in [4.69, 9.17) is 0 Å². The van der Waals surface area contributed by atoms with Gasteiger partial charge in [0.15, 0.2) is 0 Å². The average molecular weight is 383 g/mol. The Hall–Kier alpha value is -3.36. The lowest BCUT2D eigenvalue weighted by atomic mass is 10.1. The molecule has 0 fully saturated rings. The van der Waals surface area contributed by atoms with Crippen LogP contribution in [0.3, 0.4) is 0 Å². The maximum Gasteiger partial charge on any atom is 0.289 e. The third-order valence-electron chi connectivity index (χ3n) is 4.47. The molecule has 1 unspecified atom stereocenters. The summed E-state index contributed by atoms with van der Waals surface area (Å²) in [6.45, 7) is 6.05. The van der Waals surface area contributed by atoms with Crippen molar-refractivity contribution in [2.75, 3.05) is 11.9 Å². The van der Waals surface area contributed by atoms with Gasteiger partial charge in [-0.15, -0.1) is 0 Å². The summed E-state index contributed by atoms with van der Waals surface area (Å²) in [4.78, 5) is 25.0. The Bertz CT molecular complexity index is 959. The van der Waals surface area contributed by atoms with Crippen molar-refractivity contribution in [2.24, 2.45) is 0 Å². The number of halogens is 1. The minimum absolute atomic E-state index is 0.0372. The minimum Gasteiger partial charge on any atom is -0.369 e. The van der Waals surface area contributed by atoms with Crippen molar-refractivity contribution in [3.05, 3.63) is 64.9 Å². The van der Waals surface area contributed by atoms with Gasteiger partial charge in [-0.25, -0.2) is 14.4 Å². The lowest BCUT2D eigenvalue weighted by molar-refractivity contribution is 0.0928. The standard InChI is InChI=1S/C19H22FN7O/c1-11-12(2)25-18(27-17(11)22-7-4-14-8-23-24-9-14)19(28)26-13(3)15-5-6-21-10-16(15)20/h5-6,8-10,13H,4,7H2,1-3H3,(H,23,24)(H,26,28)(H,22,25,27). The van der Waals surface area contributed by atoms with E-state index in [-0.39, 0.29) is 5.82 Å². The maximum atomic E-state index is 13.9. The van der Waals surface area contributed by atoms with Gasteiger partial charge in [0.2, 0.25) is 5.82 Å². The molecule has 0 aliphatic rings. The summed E-state index contributed by atoms with van der Waals surface area (Å²) in [6.07, 6.45) is 6.96. The Labute approximate surface area is 162 Å². The van der Waals surface area contributed by atoms with Crippen LogP contribution in [0.25, 0.3) is 0 Å². The SMILES string of the molecule is Cc1nc(C(=O)NC(C)c2ccncc2F)nc(NCCc2cn[nH]c2)c1C. The predicted octanol–water partition coefficient (Wildman–Crippen LogP) is 2.50. The van der Waals surface area contributed by atoms with E-state index < -0.39 is 17.8 Å². The van der Waals surface area contributed by atoms with Crippen molar-refractivity contribution in [3.8, 4) is 0 Å². The van der Waals surface area contributed by atoms with E-state index >= 15 is 0 Å². The Morgan fingerprint density at radius 3 is 2.82 bits per heavy atom. The van der Waals surface area contributed by atoms with E-state index in [2.05, 4.69) is 35.8 Å². The number of hydrogen-bond acceptors (Lipinski definition) is 6. The Balaban J connectivity index is 1.71. The van der Waals surface area contributed by atoms with Crippen LogP contribution in [0.1, 0.15) is 46.0 Å². The summed E-state index contributed by atoms with van der Waals surface area (Å²) in [5.74, 6) is -0.304. The van der Waals surface area contributed by atoms with Crippen LogP contribution >= 0.6 is 0 Å². The summed E-state index contributed by atoms with van der Waals surface area (Å²) >= 11 is 0. The fourth-order valence-electron chi connectivity index (χ4n) is 2.72. The smallest absolute Gasteiger partial charge is 0.289 e. The number of hydrogen-bond donors (Lipinski definition) is 3. The first kappa shape index (κ1) is 19.4. The summed E-state index contributed by atoms with van der Waals surface area (Å²) in [6, 6.07) is 0.989. The highest BCUT2D eigenvalue weighted by atomic mass is 19.1. The average Bonchev–Trinajstić information content (AvgIpc) is 3.18. The van der Waals surface area contributed by atoms with Gasteiger partial charge in [0, 0.05) is 35.8 Å². The molecule has 8 nitrogen and oxygen atoms in total. The van der Waals surface area contributed by atoms with E-state index in [1.54, 1.807) is 13.1 Å². The zero-order valence-electron chi connectivity index (χ0n) is 16.0. The zero-order valence-corrected chi connectivity index (χ0v) is 16.0. The number of rotatable bonds is 7. The molecule has 3 heterocycles. The molecule has 146 valence electrons. The second-order valence-electron chi connectivity index (χ2n) is 6.48. The number of aromatic amines is 1. The highest BCUT2D eigenvalue weighted by Gasteiger charge is 2.18. The van der Waals surface area contributed by atoms with Gasteiger partial charge >= 0.3 is 0 Å². The fraction of sp³-hybridized carbons (Fsp3) is 0.316. The molecule has 0 aromatic carbocycles. The first-order valence-electron chi connectivity index (χ1n) is 8.92. The number of nitrogens with one attached hydrogen (secondary N) is 3. The monoisotopic (exact) mass is 383 g/mol. The molecule has 1 atom stereocenters. The van der Waals surface area contributed by atoms with Gasteiger partial charge in [0.1, 0.15) is 11.6 Å². The van der Waals surface area contributed by atoms with Gasteiger partial charge < -0.3 is 10.6 Å². The van der Waals surface area contributed by atoms with E-state index in [1.165, 1.54) is 12.3 Å². The van der Waals surface area contributed by atoms with E-state index in [0.29, 0.717) is 23.6 Å². The normalized spacial score (nSPS) is 11.9. The van der Waals surface area contributed by atoms with E-state index in [1.807, 2.05) is 20.0 Å². The third kappa shape index (κ3) is 4.48. The Morgan fingerprint density at radius 2 is 2.11 bits per heavy atom. The van der Waals surface area contributed by atoms with Crippen molar-refractivity contribution >= 4 is 11.7 Å². The molecule has 28 heavy (non-hydrogen) atoms. The summed E-state index contributed by atoms with van der Waals surface area (Å²) < 4.78 is 13.9. The van der Waals surface area contributed by atoms with Crippen LogP contribution in [0.15, 0.2) is 30.9 Å². The summed E-state index contributed by atoms with van der Waals surface area (Å²) in [7, 11) is 0. The van der Waals surface area contributed by atoms with Crippen LogP contribution in [0.5, 0.6) is 0 Å². The second-order valence-corrected chi connectivity index (χ2v) is 6.48. The van der Waals surface area contributed by atoms with Crippen molar-refractivity contribution < 1.29 is 9.18 Å². The predicted molar refractivity (Wildman–Crippen MR) is 102 cm³/mol. The number of carbonyl (C=O) groups excluding carboxylic acids is 1. The molecule has 0 saturated carbocycles. The molecular weight excluding hydrogens is 361 g/mol. The number of carbonyl (C=O) groups is 1. The van der Waals surface area contributed by atoms with Gasteiger partial charge in [-0.05, 0) is 38.8 Å². The van der Waals surface area contributed by atoms with Crippen molar-refractivity contribution in [1.82, 2.24) is 30.5 Å².